The van der Waals surface area contributed by atoms with Crippen molar-refractivity contribution < 1.29 is 46.0 Å². The van der Waals surface area contributed by atoms with Crippen LogP contribution in [-0.2, 0) is 31.6 Å². The summed E-state index contributed by atoms with van der Waals surface area (Å²) in [7, 11) is -4.85. The number of nitrogens with one attached hydrogen (secondary N) is 1. The standard InChI is InChI=1S/C17H17F2N2O9P/c18-11-1-2-13-9(3-11)7-27-31(26,30-13)28-8-17(19)4-12(23)15(29-17)21-5-10(6-22)14(24)20-16(21)25/h1-3,5,12,15,22-23H,4,6-8H2,(H,20,24,25)/t12-,15-,17+,31?/m1/s1/i8D2,15D. The highest BCUT2D eigenvalue weighted by Gasteiger charge is 2.50. The lowest BCUT2D eigenvalue weighted by Gasteiger charge is -2.27. The molecule has 14 heteroatoms. The summed E-state index contributed by atoms with van der Waals surface area (Å²) < 4.78 is 85.7. The number of aromatic amines is 1. The van der Waals surface area contributed by atoms with Crippen molar-refractivity contribution in [3.63, 3.8) is 0 Å². The van der Waals surface area contributed by atoms with Gasteiger partial charge in [0.15, 0.2) is 6.20 Å². The lowest BCUT2D eigenvalue weighted by Crippen LogP contribution is -2.37. The third-order valence-corrected chi connectivity index (χ3v) is 5.53. The summed E-state index contributed by atoms with van der Waals surface area (Å²) in [5, 5.41) is 19.5. The number of hydrogen-bond donors (Lipinski definition) is 3. The highest BCUT2D eigenvalue weighted by molar-refractivity contribution is 7.49. The van der Waals surface area contributed by atoms with Gasteiger partial charge in [0.2, 0.25) is 5.85 Å². The molecule has 0 saturated carbocycles. The van der Waals surface area contributed by atoms with Gasteiger partial charge in [-0.3, -0.25) is 23.4 Å². The lowest BCUT2D eigenvalue weighted by molar-refractivity contribution is -0.179. The SMILES string of the molecule is [2H]C([2H])(OP1(=O)OCc2cc(F)ccc2O1)[C@]1(F)C[C@@H](O)[C@]([2H])(n2cc(CO)c(=O)[nH]c2=O)O1. The van der Waals surface area contributed by atoms with Gasteiger partial charge in [-0.1, -0.05) is 0 Å². The molecule has 31 heavy (non-hydrogen) atoms. The molecule has 3 heterocycles. The van der Waals surface area contributed by atoms with Gasteiger partial charge in [-0.25, -0.2) is 18.1 Å². The van der Waals surface area contributed by atoms with E-state index in [4.69, 9.17) is 17.9 Å². The molecule has 0 spiro atoms. The van der Waals surface area contributed by atoms with E-state index in [1.807, 2.05) is 0 Å². The van der Waals surface area contributed by atoms with E-state index >= 15 is 4.39 Å². The van der Waals surface area contributed by atoms with Gasteiger partial charge in [0.05, 0.1) is 22.9 Å². The monoisotopic (exact) mass is 465 g/mol. The molecule has 1 aromatic carbocycles. The van der Waals surface area contributed by atoms with E-state index in [1.165, 1.54) is 0 Å². The van der Waals surface area contributed by atoms with E-state index in [9.17, 15) is 28.8 Å². The minimum atomic E-state index is -4.85. The van der Waals surface area contributed by atoms with E-state index in [0.717, 1.165) is 18.2 Å². The number of ether oxygens (including phenoxy) is 1. The van der Waals surface area contributed by atoms with Crippen molar-refractivity contribution in [2.24, 2.45) is 0 Å². The van der Waals surface area contributed by atoms with E-state index in [1.54, 1.807) is 4.98 Å². The first kappa shape index (κ1) is 18.2. The number of halogens is 2. The molecule has 4 atom stereocenters. The second-order valence-corrected chi connectivity index (χ2v) is 8.11. The summed E-state index contributed by atoms with van der Waals surface area (Å²) in [4.78, 5) is 25.6. The van der Waals surface area contributed by atoms with Crippen LogP contribution in [0.2, 0.25) is 0 Å². The molecule has 0 bridgehead atoms. The molecule has 2 aliphatic rings. The number of aromatic nitrogens is 2. The summed E-state index contributed by atoms with van der Waals surface area (Å²) in [5.41, 5.74) is -2.63. The average molecular weight is 465 g/mol. The number of H-pyrrole nitrogens is 1. The van der Waals surface area contributed by atoms with Crippen LogP contribution in [0.4, 0.5) is 8.78 Å². The van der Waals surface area contributed by atoms with E-state index in [-0.39, 0.29) is 15.9 Å². The zero-order chi connectivity index (χ0) is 25.1. The summed E-state index contributed by atoms with van der Waals surface area (Å²) in [5.74, 6) is -4.50. The van der Waals surface area contributed by atoms with Crippen molar-refractivity contribution >= 4 is 7.82 Å². The Morgan fingerprint density at radius 2 is 2.26 bits per heavy atom. The van der Waals surface area contributed by atoms with Crippen LogP contribution in [-0.4, -0.2) is 38.3 Å². The highest BCUT2D eigenvalue weighted by Crippen LogP contribution is 2.55. The Morgan fingerprint density at radius 1 is 1.48 bits per heavy atom. The molecule has 0 radical (unpaired) electrons. The Morgan fingerprint density at radius 3 is 3.00 bits per heavy atom. The van der Waals surface area contributed by atoms with Crippen molar-refractivity contribution in [1.29, 1.82) is 0 Å². The zero-order valence-electron chi connectivity index (χ0n) is 18.4. The van der Waals surface area contributed by atoms with Crippen molar-refractivity contribution in [1.82, 2.24) is 9.55 Å². The molecule has 0 amide bonds. The number of nitrogens with zero attached hydrogens (tertiary/aromatic N) is 1. The van der Waals surface area contributed by atoms with Crippen LogP contribution in [0.3, 0.4) is 0 Å². The van der Waals surface area contributed by atoms with Gasteiger partial charge in [0, 0.05) is 18.2 Å². The molecule has 1 fully saturated rings. The first-order chi connectivity index (χ1) is 15.7. The number of aliphatic hydroxyl groups excluding tert-OH is 2. The highest BCUT2D eigenvalue weighted by atomic mass is 31.2. The van der Waals surface area contributed by atoms with Crippen LogP contribution in [0, 0.1) is 5.82 Å². The molecular formula is C17H17F2N2O9P. The predicted octanol–water partition coefficient (Wildman–Crippen LogP) is 0.847. The van der Waals surface area contributed by atoms with Crippen LogP contribution in [0.5, 0.6) is 5.75 Å². The maximum Gasteiger partial charge on any atom is 0.530 e. The average Bonchev–Trinajstić information content (AvgIpc) is 2.98. The van der Waals surface area contributed by atoms with Gasteiger partial charge < -0.3 is 19.5 Å². The molecule has 2 aromatic rings. The summed E-state index contributed by atoms with van der Waals surface area (Å²) in [6, 6.07) is 3.06. The fraction of sp³-hybridized carbons (Fsp3) is 0.412. The van der Waals surface area contributed by atoms with Gasteiger partial charge in [-0.05, 0) is 18.2 Å². The molecule has 11 nitrogen and oxygen atoms in total. The number of hydrogen-bond acceptors (Lipinski definition) is 9. The summed E-state index contributed by atoms with van der Waals surface area (Å²) in [6.45, 7) is -5.09. The summed E-state index contributed by atoms with van der Waals surface area (Å²) in [6.07, 6.45) is -5.87. The number of benzene rings is 1. The molecule has 3 N–H and O–H groups in total. The Kier molecular flexibility index (Phi) is 4.65. The minimum Gasteiger partial charge on any atom is -0.404 e. The maximum atomic E-state index is 15.7. The Labute approximate surface area is 176 Å². The first-order valence-electron chi connectivity index (χ1n) is 10.2. The molecule has 1 saturated heterocycles. The normalized spacial score (nSPS) is 34.3. The van der Waals surface area contributed by atoms with Crippen molar-refractivity contribution in [2.75, 3.05) is 6.56 Å². The Hall–Kier alpha value is -2.41. The fourth-order valence-electron chi connectivity index (χ4n) is 2.89. The number of phosphoric acid groups is 1. The molecule has 168 valence electrons. The quantitative estimate of drug-likeness (QED) is 0.546. The van der Waals surface area contributed by atoms with Gasteiger partial charge in [-0.15, -0.1) is 0 Å². The number of fused-ring (bicyclic) bond motifs is 1. The van der Waals surface area contributed by atoms with Crippen LogP contribution >= 0.6 is 7.82 Å². The largest absolute Gasteiger partial charge is 0.530 e. The van der Waals surface area contributed by atoms with Crippen molar-refractivity contribution in [2.45, 2.75) is 37.8 Å². The first-order valence-corrected chi connectivity index (χ1v) is 10.1. The second-order valence-electron chi connectivity index (χ2n) is 6.59. The van der Waals surface area contributed by atoms with E-state index < -0.39 is 74.8 Å². The van der Waals surface area contributed by atoms with Gasteiger partial charge in [0.1, 0.15) is 24.2 Å². The van der Waals surface area contributed by atoms with Crippen molar-refractivity contribution in [3.8, 4) is 5.75 Å². The zero-order valence-corrected chi connectivity index (χ0v) is 16.3. The number of phosphoric ester groups is 1. The third-order valence-electron chi connectivity index (χ3n) is 4.35. The Bertz CT molecular complexity index is 1310. The fourth-order valence-corrected chi connectivity index (χ4v) is 3.99. The topological polar surface area (TPSA) is 149 Å². The summed E-state index contributed by atoms with van der Waals surface area (Å²) >= 11 is 0. The Balaban J connectivity index is 1.63. The van der Waals surface area contributed by atoms with Crippen molar-refractivity contribution in [3.05, 3.63) is 62.2 Å². The van der Waals surface area contributed by atoms with E-state index in [2.05, 4.69) is 4.52 Å². The van der Waals surface area contributed by atoms with Crippen LogP contribution < -0.4 is 15.8 Å². The second kappa shape index (κ2) is 7.93. The van der Waals surface area contributed by atoms with Gasteiger partial charge in [-0.2, -0.15) is 0 Å². The van der Waals surface area contributed by atoms with Gasteiger partial charge >= 0.3 is 13.5 Å². The molecule has 4 rings (SSSR count). The molecule has 1 unspecified atom stereocenters. The smallest absolute Gasteiger partial charge is 0.404 e. The minimum absolute atomic E-state index is 0.125. The number of alkyl halides is 1. The van der Waals surface area contributed by atoms with Crippen LogP contribution in [0.25, 0.3) is 0 Å². The number of aliphatic hydroxyl groups is 2. The molecule has 0 aliphatic carbocycles. The van der Waals surface area contributed by atoms with Crippen LogP contribution in [0.15, 0.2) is 34.0 Å². The van der Waals surface area contributed by atoms with E-state index in [0.29, 0.717) is 6.20 Å². The molecular weight excluding hydrogens is 445 g/mol. The maximum absolute atomic E-state index is 15.7. The molecule has 2 aliphatic heterocycles. The van der Waals surface area contributed by atoms with Gasteiger partial charge in [0.25, 0.3) is 5.56 Å². The third kappa shape index (κ3) is 4.33. The lowest BCUT2D eigenvalue weighted by atomic mass is 10.2. The number of rotatable bonds is 5. The predicted molar refractivity (Wildman–Crippen MR) is 97.2 cm³/mol. The van der Waals surface area contributed by atoms with Crippen LogP contribution in [0.1, 0.15) is 27.9 Å². The molecule has 1 aromatic heterocycles.